The minimum atomic E-state index is -1.12. The maximum Gasteiger partial charge on any atom is 0.328 e. The molecule has 3 amide bonds. The molecule has 3 N–H and O–H groups in total. The zero-order valence-electron chi connectivity index (χ0n) is 19.1. The van der Waals surface area contributed by atoms with E-state index in [2.05, 4.69) is 16.0 Å². The van der Waals surface area contributed by atoms with E-state index in [0.717, 1.165) is 0 Å². The van der Waals surface area contributed by atoms with Crippen LogP contribution in [0.4, 0.5) is 0 Å². The first-order valence-electron chi connectivity index (χ1n) is 10.8. The Balaban J connectivity index is 1.83. The molecule has 0 spiro atoms. The molecule has 0 aliphatic carbocycles. The molecule has 1 atom stereocenters. The molecule has 8 heteroatoms. The van der Waals surface area contributed by atoms with Crippen LogP contribution < -0.4 is 16.0 Å². The Kier molecular flexibility index (Phi) is 8.90. The fourth-order valence-electron chi connectivity index (χ4n) is 3.17. The van der Waals surface area contributed by atoms with Gasteiger partial charge in [-0.05, 0) is 36.4 Å². The van der Waals surface area contributed by atoms with E-state index in [1.807, 2.05) is 0 Å². The van der Waals surface area contributed by atoms with Gasteiger partial charge in [-0.1, -0.05) is 54.6 Å². The molecule has 0 heterocycles. The molecule has 0 saturated heterocycles. The van der Waals surface area contributed by atoms with Crippen molar-refractivity contribution < 1.29 is 23.9 Å². The average molecular weight is 472 g/mol. The molecule has 0 saturated carbocycles. The van der Waals surface area contributed by atoms with E-state index in [9.17, 15) is 19.2 Å². The molecule has 178 valence electrons. The first-order chi connectivity index (χ1) is 17.0. The quantitative estimate of drug-likeness (QED) is 0.415. The van der Waals surface area contributed by atoms with Crippen LogP contribution in [0.3, 0.4) is 0 Å². The van der Waals surface area contributed by atoms with Crippen molar-refractivity contribution in [1.82, 2.24) is 16.0 Å². The molecular formula is C27H25N3O5. The summed E-state index contributed by atoms with van der Waals surface area (Å²) in [6, 6.07) is 24.3. The summed E-state index contributed by atoms with van der Waals surface area (Å²) in [4.78, 5) is 50.4. The second-order valence-electron chi connectivity index (χ2n) is 7.45. The summed E-state index contributed by atoms with van der Waals surface area (Å²) in [6.45, 7) is 0. The van der Waals surface area contributed by atoms with Gasteiger partial charge < -0.3 is 20.7 Å². The van der Waals surface area contributed by atoms with Crippen LogP contribution in [0.5, 0.6) is 0 Å². The lowest BCUT2D eigenvalue weighted by atomic mass is 10.1. The highest BCUT2D eigenvalue weighted by atomic mass is 16.5. The van der Waals surface area contributed by atoms with E-state index < -0.39 is 29.7 Å². The zero-order chi connectivity index (χ0) is 25.0. The topological polar surface area (TPSA) is 114 Å². The number of hydrogen-bond acceptors (Lipinski definition) is 5. The molecule has 0 fully saturated rings. The van der Waals surface area contributed by atoms with Crippen LogP contribution in [0.15, 0.2) is 103 Å². The average Bonchev–Trinajstić information content (AvgIpc) is 2.91. The van der Waals surface area contributed by atoms with Crippen LogP contribution in [0.2, 0.25) is 0 Å². The number of carbonyl (C=O) groups excluding carboxylic acids is 4. The van der Waals surface area contributed by atoms with Crippen LogP contribution >= 0.6 is 0 Å². The molecule has 3 rings (SSSR count). The summed E-state index contributed by atoms with van der Waals surface area (Å²) >= 11 is 0. The molecule has 0 radical (unpaired) electrons. The molecular weight excluding hydrogens is 446 g/mol. The van der Waals surface area contributed by atoms with Crippen molar-refractivity contribution in [3.63, 3.8) is 0 Å². The predicted molar refractivity (Wildman–Crippen MR) is 130 cm³/mol. The molecule has 8 nitrogen and oxygen atoms in total. The number of nitrogens with one attached hydrogen (secondary N) is 3. The summed E-state index contributed by atoms with van der Waals surface area (Å²) in [6.07, 6.45) is 1.17. The van der Waals surface area contributed by atoms with Gasteiger partial charge in [0.05, 0.1) is 7.11 Å². The standard InChI is InChI=1S/C27H25N3O5/c1-35-27(34)23(30-26(33)21-15-9-4-10-16-21)17-22(29-25(32)20-13-7-3-8-14-20)18-28-24(31)19-11-5-2-6-12-19/h2-16,18,23H,17H2,1H3,(H,28,31)(H,29,32)(H,30,33)/t23-/m0/s1. The summed E-state index contributed by atoms with van der Waals surface area (Å²) in [5.41, 5.74) is 1.36. The third kappa shape index (κ3) is 7.40. The Morgan fingerprint density at radius 2 is 1.17 bits per heavy atom. The molecule has 0 aliphatic rings. The van der Waals surface area contributed by atoms with E-state index in [0.29, 0.717) is 16.7 Å². The highest BCUT2D eigenvalue weighted by Gasteiger charge is 2.24. The van der Waals surface area contributed by atoms with Gasteiger partial charge in [-0.2, -0.15) is 0 Å². The number of amides is 3. The second-order valence-corrected chi connectivity index (χ2v) is 7.45. The number of esters is 1. The molecule has 0 unspecified atom stereocenters. The minimum Gasteiger partial charge on any atom is -0.467 e. The Morgan fingerprint density at radius 1 is 0.714 bits per heavy atom. The fourth-order valence-corrected chi connectivity index (χ4v) is 3.17. The molecule has 3 aromatic rings. The van der Waals surface area contributed by atoms with Gasteiger partial charge in [0, 0.05) is 35.0 Å². The largest absolute Gasteiger partial charge is 0.467 e. The normalized spacial score (nSPS) is 11.6. The Morgan fingerprint density at radius 3 is 1.66 bits per heavy atom. The molecule has 0 aromatic heterocycles. The summed E-state index contributed by atoms with van der Waals surface area (Å²) in [7, 11) is 1.20. The maximum atomic E-state index is 12.8. The third-order valence-corrected chi connectivity index (χ3v) is 4.97. The maximum absolute atomic E-state index is 12.8. The highest BCUT2D eigenvalue weighted by Crippen LogP contribution is 2.09. The zero-order valence-corrected chi connectivity index (χ0v) is 19.1. The van der Waals surface area contributed by atoms with Crippen LogP contribution in [-0.4, -0.2) is 36.8 Å². The number of rotatable bonds is 9. The van der Waals surface area contributed by atoms with E-state index in [4.69, 9.17) is 4.74 Å². The van der Waals surface area contributed by atoms with E-state index >= 15 is 0 Å². The van der Waals surface area contributed by atoms with E-state index in [-0.39, 0.29) is 12.1 Å². The highest BCUT2D eigenvalue weighted by molar-refractivity contribution is 5.98. The van der Waals surface area contributed by atoms with Crippen LogP contribution in [0.1, 0.15) is 37.5 Å². The molecule has 0 aliphatic heterocycles. The van der Waals surface area contributed by atoms with Gasteiger partial charge in [0.2, 0.25) is 0 Å². The lowest BCUT2D eigenvalue weighted by Gasteiger charge is -2.19. The van der Waals surface area contributed by atoms with Gasteiger partial charge in [-0.3, -0.25) is 14.4 Å². The predicted octanol–water partition coefficient (Wildman–Crippen LogP) is 3.05. The Labute approximate surface area is 203 Å². The molecule has 3 aromatic carbocycles. The smallest absolute Gasteiger partial charge is 0.328 e. The van der Waals surface area contributed by atoms with Crippen molar-refractivity contribution in [2.24, 2.45) is 0 Å². The van der Waals surface area contributed by atoms with Crippen LogP contribution in [0, 0.1) is 0 Å². The van der Waals surface area contributed by atoms with Gasteiger partial charge in [0.25, 0.3) is 17.7 Å². The third-order valence-electron chi connectivity index (χ3n) is 4.97. The van der Waals surface area contributed by atoms with Crippen molar-refractivity contribution >= 4 is 23.7 Å². The SMILES string of the molecule is COC(=O)[C@H](CC(=CNC(=O)c1ccccc1)NC(=O)c1ccccc1)NC(=O)c1ccccc1. The van der Waals surface area contributed by atoms with Crippen molar-refractivity contribution in [1.29, 1.82) is 0 Å². The first-order valence-corrected chi connectivity index (χ1v) is 10.8. The van der Waals surface area contributed by atoms with Gasteiger partial charge in [-0.25, -0.2) is 4.79 Å². The fraction of sp³-hybridized carbons (Fsp3) is 0.111. The van der Waals surface area contributed by atoms with Gasteiger partial charge in [0.15, 0.2) is 0 Å². The minimum absolute atomic E-state index is 0.140. The van der Waals surface area contributed by atoms with Gasteiger partial charge >= 0.3 is 5.97 Å². The number of carbonyl (C=O) groups is 4. The summed E-state index contributed by atoms with van der Waals surface area (Å²) in [5.74, 6) is -2.03. The van der Waals surface area contributed by atoms with Gasteiger partial charge in [0.1, 0.15) is 6.04 Å². The molecule has 0 bridgehead atoms. The van der Waals surface area contributed by atoms with E-state index in [1.165, 1.54) is 13.3 Å². The van der Waals surface area contributed by atoms with Gasteiger partial charge in [-0.15, -0.1) is 0 Å². The molecule has 35 heavy (non-hydrogen) atoms. The van der Waals surface area contributed by atoms with Crippen molar-refractivity contribution in [2.45, 2.75) is 12.5 Å². The van der Waals surface area contributed by atoms with Crippen molar-refractivity contribution in [3.05, 3.63) is 120 Å². The number of ether oxygens (including phenoxy) is 1. The van der Waals surface area contributed by atoms with Crippen molar-refractivity contribution in [3.8, 4) is 0 Å². The lowest BCUT2D eigenvalue weighted by Crippen LogP contribution is -2.43. The number of methoxy groups -OCH3 is 1. The Bertz CT molecular complexity index is 1200. The summed E-state index contributed by atoms with van der Waals surface area (Å²) < 4.78 is 4.85. The number of benzene rings is 3. The lowest BCUT2D eigenvalue weighted by molar-refractivity contribution is -0.142. The monoisotopic (exact) mass is 471 g/mol. The summed E-state index contributed by atoms with van der Waals surface area (Å²) in [5, 5.41) is 7.96. The van der Waals surface area contributed by atoms with E-state index in [1.54, 1.807) is 91.0 Å². The number of hydrogen-bond donors (Lipinski definition) is 3. The van der Waals surface area contributed by atoms with Crippen LogP contribution in [0.25, 0.3) is 0 Å². The Hall–Kier alpha value is -4.72. The van der Waals surface area contributed by atoms with Crippen LogP contribution in [-0.2, 0) is 9.53 Å². The van der Waals surface area contributed by atoms with Crippen molar-refractivity contribution in [2.75, 3.05) is 7.11 Å². The first kappa shape index (κ1) is 24.9. The second kappa shape index (κ2) is 12.5.